The average molecular weight is 260 g/mol. The smallest absolute Gasteiger partial charge is 0.226 e. The number of para-hydroxylation sites is 1. The molecule has 1 saturated heterocycles. The third kappa shape index (κ3) is 3.13. The van der Waals surface area contributed by atoms with Crippen LogP contribution in [0.15, 0.2) is 30.3 Å². The van der Waals surface area contributed by atoms with Crippen molar-refractivity contribution >= 4 is 18.0 Å². The van der Waals surface area contributed by atoms with Gasteiger partial charge in [-0.2, -0.15) is 0 Å². The van der Waals surface area contributed by atoms with Crippen molar-refractivity contribution in [2.75, 3.05) is 18.0 Å². The van der Waals surface area contributed by atoms with Gasteiger partial charge in [-0.25, -0.2) is 0 Å². The Morgan fingerprint density at radius 2 is 1.95 bits per heavy atom. The maximum Gasteiger partial charge on any atom is 0.226 e. The highest BCUT2D eigenvalue weighted by molar-refractivity contribution is 5.93. The number of piperidine rings is 1. The molecule has 4 nitrogen and oxygen atoms in total. The van der Waals surface area contributed by atoms with Gasteiger partial charge in [0.15, 0.2) is 0 Å². The zero-order chi connectivity index (χ0) is 13.7. The molecule has 1 aromatic rings. The fraction of sp³-hybridized carbons (Fsp3) is 0.467. The molecule has 1 heterocycles. The minimum Gasteiger partial charge on any atom is -0.345 e. The van der Waals surface area contributed by atoms with E-state index in [4.69, 9.17) is 0 Å². The first-order chi connectivity index (χ1) is 9.26. The molecular formula is C15H20N2O2. The number of rotatable bonds is 4. The maximum atomic E-state index is 12.2. The predicted octanol–water partition coefficient (Wildman–Crippen LogP) is 2.05. The number of benzene rings is 1. The van der Waals surface area contributed by atoms with Gasteiger partial charge in [-0.1, -0.05) is 25.1 Å². The first-order valence-electron chi connectivity index (χ1n) is 6.82. The Bertz CT molecular complexity index is 425. The molecular weight excluding hydrogens is 240 g/mol. The van der Waals surface area contributed by atoms with E-state index in [2.05, 4.69) is 0 Å². The van der Waals surface area contributed by atoms with Crippen LogP contribution < -0.4 is 4.90 Å². The monoisotopic (exact) mass is 260 g/mol. The van der Waals surface area contributed by atoms with Gasteiger partial charge in [-0.15, -0.1) is 0 Å². The quantitative estimate of drug-likeness (QED) is 0.777. The van der Waals surface area contributed by atoms with E-state index in [1.165, 1.54) is 0 Å². The number of carbonyl (C=O) groups is 2. The maximum absolute atomic E-state index is 12.2. The molecule has 0 unspecified atom stereocenters. The molecule has 1 aromatic carbocycles. The van der Waals surface area contributed by atoms with Crippen LogP contribution in [0.1, 0.15) is 26.2 Å². The van der Waals surface area contributed by atoms with E-state index < -0.39 is 0 Å². The molecule has 102 valence electrons. The summed E-state index contributed by atoms with van der Waals surface area (Å²) >= 11 is 0. The Kier molecular flexibility index (Phi) is 4.55. The summed E-state index contributed by atoms with van der Waals surface area (Å²) in [5.74, 6) is 0.149. The van der Waals surface area contributed by atoms with E-state index in [1.807, 2.05) is 42.2 Å². The van der Waals surface area contributed by atoms with Crippen LogP contribution in [0.4, 0.5) is 5.69 Å². The highest BCUT2D eigenvalue weighted by atomic mass is 16.2. The van der Waals surface area contributed by atoms with E-state index in [1.54, 1.807) is 4.90 Å². The van der Waals surface area contributed by atoms with Gasteiger partial charge >= 0.3 is 0 Å². The van der Waals surface area contributed by atoms with Gasteiger partial charge in [-0.3, -0.25) is 9.59 Å². The SMILES string of the molecule is CCC(=O)N(c1ccccc1)C1CCN(C=O)CC1. The summed E-state index contributed by atoms with van der Waals surface area (Å²) in [7, 11) is 0. The van der Waals surface area contributed by atoms with Crippen LogP contribution in [-0.4, -0.2) is 36.3 Å². The van der Waals surface area contributed by atoms with E-state index in [-0.39, 0.29) is 11.9 Å². The molecule has 2 amide bonds. The molecule has 0 spiro atoms. The number of amides is 2. The molecule has 1 fully saturated rings. The number of carbonyl (C=O) groups excluding carboxylic acids is 2. The summed E-state index contributed by atoms with van der Waals surface area (Å²) in [6.07, 6.45) is 3.09. The van der Waals surface area contributed by atoms with Crippen molar-refractivity contribution in [1.82, 2.24) is 4.90 Å². The molecule has 0 saturated carbocycles. The lowest BCUT2D eigenvalue weighted by molar-refractivity contribution is -0.119. The average Bonchev–Trinajstić information content (AvgIpc) is 2.49. The third-order valence-corrected chi connectivity index (χ3v) is 3.62. The number of hydrogen-bond acceptors (Lipinski definition) is 2. The molecule has 1 aliphatic rings. The van der Waals surface area contributed by atoms with Crippen molar-refractivity contribution in [3.8, 4) is 0 Å². The summed E-state index contributed by atoms with van der Waals surface area (Å²) in [5.41, 5.74) is 0.957. The minimum absolute atomic E-state index is 0.149. The molecule has 1 aliphatic heterocycles. The van der Waals surface area contributed by atoms with E-state index in [0.29, 0.717) is 6.42 Å². The summed E-state index contributed by atoms with van der Waals surface area (Å²) in [5, 5.41) is 0. The second kappa shape index (κ2) is 6.36. The summed E-state index contributed by atoms with van der Waals surface area (Å²) in [4.78, 5) is 26.6. The van der Waals surface area contributed by atoms with Gasteiger partial charge in [0.25, 0.3) is 0 Å². The van der Waals surface area contributed by atoms with Crippen LogP contribution in [0.25, 0.3) is 0 Å². The van der Waals surface area contributed by atoms with Crippen molar-refractivity contribution in [2.45, 2.75) is 32.2 Å². The van der Waals surface area contributed by atoms with E-state index in [9.17, 15) is 9.59 Å². The molecule has 0 bridgehead atoms. The third-order valence-electron chi connectivity index (χ3n) is 3.62. The fourth-order valence-electron chi connectivity index (χ4n) is 2.57. The molecule has 0 N–H and O–H groups in total. The highest BCUT2D eigenvalue weighted by Crippen LogP contribution is 2.24. The summed E-state index contributed by atoms with van der Waals surface area (Å²) in [6.45, 7) is 3.35. The topological polar surface area (TPSA) is 40.6 Å². The zero-order valence-corrected chi connectivity index (χ0v) is 11.3. The number of anilines is 1. The normalized spacial score (nSPS) is 16.2. The van der Waals surface area contributed by atoms with Crippen LogP contribution in [0.2, 0.25) is 0 Å². The van der Waals surface area contributed by atoms with Gasteiger partial charge in [-0.05, 0) is 25.0 Å². The first-order valence-corrected chi connectivity index (χ1v) is 6.82. The fourth-order valence-corrected chi connectivity index (χ4v) is 2.57. The Morgan fingerprint density at radius 1 is 1.32 bits per heavy atom. The van der Waals surface area contributed by atoms with E-state index in [0.717, 1.165) is 38.0 Å². The van der Waals surface area contributed by atoms with Gasteiger partial charge in [0.2, 0.25) is 12.3 Å². The van der Waals surface area contributed by atoms with Crippen LogP contribution in [0.3, 0.4) is 0 Å². The lowest BCUT2D eigenvalue weighted by Crippen LogP contribution is -2.47. The van der Waals surface area contributed by atoms with Crippen molar-refractivity contribution in [3.63, 3.8) is 0 Å². The lowest BCUT2D eigenvalue weighted by atomic mass is 10.0. The largest absolute Gasteiger partial charge is 0.345 e. The molecule has 0 aliphatic carbocycles. The van der Waals surface area contributed by atoms with Gasteiger partial charge in [0.05, 0.1) is 0 Å². The Balaban J connectivity index is 2.15. The van der Waals surface area contributed by atoms with Crippen LogP contribution in [-0.2, 0) is 9.59 Å². The van der Waals surface area contributed by atoms with Crippen LogP contribution in [0.5, 0.6) is 0 Å². The van der Waals surface area contributed by atoms with Crippen molar-refractivity contribution in [2.24, 2.45) is 0 Å². The summed E-state index contributed by atoms with van der Waals surface area (Å²) in [6, 6.07) is 10.00. The number of hydrogen-bond donors (Lipinski definition) is 0. The van der Waals surface area contributed by atoms with Crippen molar-refractivity contribution in [1.29, 1.82) is 0 Å². The zero-order valence-electron chi connectivity index (χ0n) is 11.3. The standard InChI is InChI=1S/C15H20N2O2/c1-2-15(19)17(13-6-4-3-5-7-13)14-8-10-16(12-18)11-9-14/h3-7,12,14H,2,8-11H2,1H3. The second-order valence-corrected chi connectivity index (χ2v) is 4.83. The Hall–Kier alpha value is -1.84. The minimum atomic E-state index is 0.149. The van der Waals surface area contributed by atoms with Crippen molar-refractivity contribution in [3.05, 3.63) is 30.3 Å². The predicted molar refractivity (Wildman–Crippen MR) is 74.9 cm³/mol. The highest BCUT2D eigenvalue weighted by Gasteiger charge is 2.27. The number of nitrogens with zero attached hydrogens (tertiary/aromatic N) is 2. The van der Waals surface area contributed by atoms with Crippen LogP contribution in [0, 0.1) is 0 Å². The molecule has 19 heavy (non-hydrogen) atoms. The molecule has 0 aromatic heterocycles. The molecule has 2 rings (SSSR count). The van der Waals surface area contributed by atoms with Crippen molar-refractivity contribution < 1.29 is 9.59 Å². The summed E-state index contributed by atoms with van der Waals surface area (Å²) < 4.78 is 0. The second-order valence-electron chi connectivity index (χ2n) is 4.83. The number of likely N-dealkylation sites (tertiary alicyclic amines) is 1. The van der Waals surface area contributed by atoms with Gasteiger partial charge in [0.1, 0.15) is 0 Å². The van der Waals surface area contributed by atoms with Gasteiger partial charge < -0.3 is 9.80 Å². The Morgan fingerprint density at radius 3 is 2.47 bits per heavy atom. The van der Waals surface area contributed by atoms with E-state index >= 15 is 0 Å². The molecule has 0 radical (unpaired) electrons. The van der Waals surface area contributed by atoms with Crippen LogP contribution >= 0.6 is 0 Å². The van der Waals surface area contributed by atoms with Gasteiger partial charge in [0, 0.05) is 31.2 Å². The molecule has 4 heteroatoms. The first kappa shape index (κ1) is 13.6. The molecule has 0 atom stereocenters. The Labute approximate surface area is 114 Å². The lowest BCUT2D eigenvalue weighted by Gasteiger charge is -2.37.